The van der Waals surface area contributed by atoms with Gasteiger partial charge in [-0.15, -0.1) is 16.4 Å². The highest BCUT2D eigenvalue weighted by atomic mass is 35.5. The maximum Gasteiger partial charge on any atom is 0.276 e. The number of thiazole rings is 1. The van der Waals surface area contributed by atoms with E-state index < -0.39 is 11.0 Å². The first kappa shape index (κ1) is 20.8. The SMILES string of the molecule is O=C(Nc1nc(-c2ccccn2)cs1)c1cc(NS(=O)C2CC2)nn1-c1ccc(Cl)cc1. The van der Waals surface area contributed by atoms with Gasteiger partial charge in [0.05, 0.1) is 16.6 Å². The van der Waals surface area contributed by atoms with Crippen LogP contribution in [0.4, 0.5) is 10.9 Å². The summed E-state index contributed by atoms with van der Waals surface area (Å²) in [7, 11) is -1.23. The molecular formula is C21H17ClN6O2S2. The van der Waals surface area contributed by atoms with Gasteiger partial charge in [-0.25, -0.2) is 13.9 Å². The van der Waals surface area contributed by atoms with Crippen molar-refractivity contribution in [2.75, 3.05) is 10.0 Å². The molecule has 162 valence electrons. The summed E-state index contributed by atoms with van der Waals surface area (Å²) in [5.74, 6) is -0.0247. The molecular weight excluding hydrogens is 468 g/mol. The van der Waals surface area contributed by atoms with E-state index in [9.17, 15) is 9.00 Å². The Hall–Kier alpha value is -3.08. The highest BCUT2D eigenvalue weighted by Crippen LogP contribution is 2.28. The van der Waals surface area contributed by atoms with Crippen LogP contribution in [0.5, 0.6) is 0 Å². The molecule has 3 heterocycles. The lowest BCUT2D eigenvalue weighted by Gasteiger charge is -2.07. The van der Waals surface area contributed by atoms with Gasteiger partial charge in [-0.2, -0.15) is 0 Å². The normalized spacial score (nSPS) is 14.2. The number of halogens is 1. The number of rotatable bonds is 7. The number of amides is 1. The number of aromatic nitrogens is 4. The van der Waals surface area contributed by atoms with Crippen molar-refractivity contribution in [1.82, 2.24) is 19.7 Å². The van der Waals surface area contributed by atoms with Crippen molar-refractivity contribution < 1.29 is 9.00 Å². The van der Waals surface area contributed by atoms with Crippen molar-refractivity contribution in [1.29, 1.82) is 0 Å². The van der Waals surface area contributed by atoms with Crippen LogP contribution in [0.3, 0.4) is 0 Å². The number of pyridine rings is 1. The summed E-state index contributed by atoms with van der Waals surface area (Å²) in [6.07, 6.45) is 3.54. The number of hydrogen-bond donors (Lipinski definition) is 2. The van der Waals surface area contributed by atoms with Crippen LogP contribution in [-0.2, 0) is 11.0 Å². The van der Waals surface area contributed by atoms with E-state index in [-0.39, 0.29) is 16.9 Å². The Morgan fingerprint density at radius 1 is 1.16 bits per heavy atom. The third-order valence-corrected chi connectivity index (χ3v) is 7.19. The number of benzene rings is 1. The van der Waals surface area contributed by atoms with Gasteiger partial charge in [-0.3, -0.25) is 19.8 Å². The zero-order valence-electron chi connectivity index (χ0n) is 16.6. The molecule has 3 aromatic heterocycles. The smallest absolute Gasteiger partial charge is 0.276 e. The first-order chi connectivity index (χ1) is 15.6. The first-order valence-electron chi connectivity index (χ1n) is 9.78. The van der Waals surface area contributed by atoms with E-state index in [1.807, 2.05) is 23.6 Å². The van der Waals surface area contributed by atoms with Gasteiger partial charge in [-0.1, -0.05) is 17.7 Å². The largest absolute Gasteiger partial charge is 0.296 e. The quantitative estimate of drug-likeness (QED) is 0.401. The van der Waals surface area contributed by atoms with Gasteiger partial charge < -0.3 is 0 Å². The number of nitrogens with zero attached hydrogens (tertiary/aromatic N) is 4. The number of hydrogen-bond acceptors (Lipinski definition) is 6. The van der Waals surface area contributed by atoms with E-state index in [2.05, 4.69) is 25.1 Å². The molecule has 11 heteroatoms. The van der Waals surface area contributed by atoms with Crippen LogP contribution in [0.1, 0.15) is 23.3 Å². The van der Waals surface area contributed by atoms with Crippen LogP contribution in [0.15, 0.2) is 60.1 Å². The molecule has 32 heavy (non-hydrogen) atoms. The number of anilines is 2. The summed E-state index contributed by atoms with van der Waals surface area (Å²) in [5, 5.41) is 10.3. The summed E-state index contributed by atoms with van der Waals surface area (Å²) >= 11 is 7.31. The minimum Gasteiger partial charge on any atom is -0.296 e. The van der Waals surface area contributed by atoms with E-state index in [4.69, 9.17) is 11.6 Å². The Bertz CT molecular complexity index is 1290. The lowest BCUT2D eigenvalue weighted by Crippen LogP contribution is -2.16. The van der Waals surface area contributed by atoms with Gasteiger partial charge in [0, 0.05) is 22.7 Å². The standard InChI is InChI=1S/C21H17ClN6O2S2/c22-13-4-6-14(7-5-13)28-18(11-19(26-28)27-32(30)15-8-9-15)20(29)25-21-24-17(12-31-21)16-3-1-2-10-23-16/h1-7,10-12,15H,8-9H2,(H,26,27)(H,24,25,29). The van der Waals surface area contributed by atoms with Crippen molar-refractivity contribution in [3.05, 3.63) is 70.8 Å². The molecule has 0 saturated heterocycles. The van der Waals surface area contributed by atoms with Crippen LogP contribution < -0.4 is 10.0 Å². The average molecular weight is 485 g/mol. The molecule has 0 radical (unpaired) electrons. The van der Waals surface area contributed by atoms with Crippen molar-refractivity contribution in [2.24, 2.45) is 0 Å². The summed E-state index contributed by atoms with van der Waals surface area (Å²) < 4.78 is 16.7. The highest BCUT2D eigenvalue weighted by Gasteiger charge is 2.29. The summed E-state index contributed by atoms with van der Waals surface area (Å²) in [5.41, 5.74) is 2.33. The zero-order valence-corrected chi connectivity index (χ0v) is 19.0. The van der Waals surface area contributed by atoms with E-state index in [0.29, 0.717) is 27.4 Å². The van der Waals surface area contributed by atoms with Crippen LogP contribution >= 0.6 is 22.9 Å². The molecule has 1 amide bonds. The molecule has 2 N–H and O–H groups in total. The Balaban J connectivity index is 1.42. The Morgan fingerprint density at radius 3 is 2.69 bits per heavy atom. The molecule has 5 rings (SSSR count). The topological polar surface area (TPSA) is 102 Å². The van der Waals surface area contributed by atoms with Gasteiger partial charge in [0.25, 0.3) is 5.91 Å². The Labute approximate surface area is 195 Å². The minimum absolute atomic E-state index is 0.133. The molecule has 1 aliphatic carbocycles. The van der Waals surface area contributed by atoms with Gasteiger partial charge in [-0.05, 0) is 49.2 Å². The highest BCUT2D eigenvalue weighted by molar-refractivity contribution is 7.87. The average Bonchev–Trinajstić information content (AvgIpc) is 3.42. The van der Waals surface area contributed by atoms with Crippen molar-refractivity contribution >= 4 is 50.8 Å². The molecule has 1 atom stereocenters. The second-order valence-electron chi connectivity index (χ2n) is 7.11. The molecule has 4 aromatic rings. The summed E-state index contributed by atoms with van der Waals surface area (Å²) in [6, 6.07) is 14.1. The molecule has 1 aliphatic rings. The lowest BCUT2D eigenvalue weighted by molar-refractivity contribution is 0.101. The fraction of sp³-hybridized carbons (Fsp3) is 0.143. The van der Waals surface area contributed by atoms with E-state index in [1.54, 1.807) is 36.5 Å². The van der Waals surface area contributed by atoms with E-state index in [0.717, 1.165) is 18.5 Å². The molecule has 1 fully saturated rings. The molecule has 0 bridgehead atoms. The van der Waals surface area contributed by atoms with Gasteiger partial charge >= 0.3 is 0 Å². The summed E-state index contributed by atoms with van der Waals surface area (Å²) in [6.45, 7) is 0. The maximum absolute atomic E-state index is 13.1. The van der Waals surface area contributed by atoms with E-state index >= 15 is 0 Å². The van der Waals surface area contributed by atoms with Crippen LogP contribution in [0, 0.1) is 0 Å². The lowest BCUT2D eigenvalue weighted by atomic mass is 10.3. The first-order valence-corrected chi connectivity index (χ1v) is 12.3. The molecule has 1 aromatic carbocycles. The Kier molecular flexibility index (Phi) is 5.73. The predicted octanol–water partition coefficient (Wildman–Crippen LogP) is 4.53. The molecule has 0 spiro atoms. The van der Waals surface area contributed by atoms with Gasteiger partial charge in [0.1, 0.15) is 22.4 Å². The third kappa shape index (κ3) is 4.57. The van der Waals surface area contributed by atoms with Gasteiger partial charge in [0.2, 0.25) is 0 Å². The predicted molar refractivity (Wildman–Crippen MR) is 127 cm³/mol. The second kappa shape index (κ2) is 8.81. The maximum atomic E-state index is 13.1. The minimum atomic E-state index is -1.23. The van der Waals surface area contributed by atoms with Crippen LogP contribution in [0.25, 0.3) is 17.1 Å². The van der Waals surface area contributed by atoms with Crippen molar-refractivity contribution in [3.8, 4) is 17.1 Å². The molecule has 0 aliphatic heterocycles. The van der Waals surface area contributed by atoms with Crippen molar-refractivity contribution in [2.45, 2.75) is 18.1 Å². The van der Waals surface area contributed by atoms with Crippen LogP contribution in [-0.4, -0.2) is 35.1 Å². The molecule has 1 unspecified atom stereocenters. The summed E-state index contributed by atoms with van der Waals surface area (Å²) in [4.78, 5) is 21.9. The second-order valence-corrected chi connectivity index (χ2v) is 9.87. The fourth-order valence-corrected chi connectivity index (χ4v) is 4.83. The Morgan fingerprint density at radius 2 is 1.97 bits per heavy atom. The van der Waals surface area contributed by atoms with E-state index in [1.165, 1.54) is 16.0 Å². The molecule has 1 saturated carbocycles. The fourth-order valence-electron chi connectivity index (χ4n) is 2.96. The number of carbonyl (C=O) groups is 1. The monoisotopic (exact) mass is 484 g/mol. The van der Waals surface area contributed by atoms with Crippen molar-refractivity contribution in [3.63, 3.8) is 0 Å². The number of nitrogens with one attached hydrogen (secondary N) is 2. The van der Waals surface area contributed by atoms with Crippen LogP contribution in [0.2, 0.25) is 5.02 Å². The van der Waals surface area contributed by atoms with Gasteiger partial charge in [0.15, 0.2) is 10.9 Å². The molecule has 8 nitrogen and oxygen atoms in total. The number of carbonyl (C=O) groups excluding carboxylic acids is 1. The third-order valence-electron chi connectivity index (χ3n) is 4.70. The zero-order chi connectivity index (χ0) is 22.1.